The fraction of sp³-hybridized carbons (Fsp3) is 0.273. The predicted octanol–water partition coefficient (Wildman–Crippen LogP) is 2.77. The molecule has 2 atom stereocenters. The van der Waals surface area contributed by atoms with Crippen molar-refractivity contribution in [1.82, 2.24) is 5.43 Å². The first-order chi connectivity index (χ1) is 15.4. The number of fused-ring (bicyclic) bond motifs is 1. The second kappa shape index (κ2) is 8.96. The summed E-state index contributed by atoms with van der Waals surface area (Å²) >= 11 is 0. The van der Waals surface area contributed by atoms with E-state index in [0.29, 0.717) is 41.3 Å². The Balaban J connectivity index is 1.59. The minimum Gasteiger partial charge on any atom is -0.481 e. The summed E-state index contributed by atoms with van der Waals surface area (Å²) in [4.78, 5) is 36.7. The average molecular weight is 439 g/mol. The molecule has 0 saturated carbocycles. The van der Waals surface area contributed by atoms with Crippen LogP contribution in [0.4, 0.5) is 5.69 Å². The lowest BCUT2D eigenvalue weighted by Crippen LogP contribution is -2.35. The number of furan rings is 1. The van der Waals surface area contributed by atoms with E-state index in [0.717, 1.165) is 0 Å². The van der Waals surface area contributed by atoms with Gasteiger partial charge in [0, 0.05) is 11.6 Å². The lowest BCUT2D eigenvalue weighted by Gasteiger charge is -2.24. The molecular weight excluding hydrogens is 418 g/mol. The topological polar surface area (TPSA) is 139 Å². The quantitative estimate of drug-likeness (QED) is 0.357. The van der Waals surface area contributed by atoms with Gasteiger partial charge < -0.3 is 24.3 Å². The molecule has 0 saturated heterocycles. The maximum atomic E-state index is 13.0. The highest BCUT2D eigenvalue weighted by atomic mass is 16.7. The van der Waals surface area contributed by atoms with Gasteiger partial charge in [-0.05, 0) is 38.0 Å². The number of ether oxygens (including phenoxy) is 2. The molecule has 0 fully saturated rings. The standard InChI is InChI=1S/C22H21N3O7/c1-12(24-25-21(27)17-7-4-8-30-17)15-9-18-19(32-11-31-18)10-16(15)23-20(26)13-5-2-3-6-14(13)22(28)29/h2-4,7-10,13-14H,5-6,11H2,1H3,(H,23,26)(H,25,27)(H,28,29)/b24-12+/t13-,14+/m1/s1. The number of hydrogen-bond acceptors (Lipinski definition) is 7. The highest BCUT2D eigenvalue weighted by Crippen LogP contribution is 2.38. The van der Waals surface area contributed by atoms with Crippen molar-refractivity contribution in [3.8, 4) is 11.5 Å². The largest absolute Gasteiger partial charge is 0.481 e. The van der Waals surface area contributed by atoms with Crippen molar-refractivity contribution in [1.29, 1.82) is 0 Å². The van der Waals surface area contributed by atoms with Crippen molar-refractivity contribution in [2.75, 3.05) is 12.1 Å². The van der Waals surface area contributed by atoms with E-state index in [1.807, 2.05) is 0 Å². The van der Waals surface area contributed by atoms with Gasteiger partial charge in [0.1, 0.15) is 0 Å². The zero-order valence-corrected chi connectivity index (χ0v) is 17.2. The third-order valence-electron chi connectivity index (χ3n) is 5.32. The molecule has 10 heteroatoms. The SMILES string of the molecule is C/C(=N\NC(=O)c1ccco1)c1cc2c(cc1NC(=O)[C@@H]1CC=CC[C@@H]1C(=O)O)OCO2. The third-order valence-corrected chi connectivity index (χ3v) is 5.32. The van der Waals surface area contributed by atoms with Crippen LogP contribution in [0, 0.1) is 11.8 Å². The van der Waals surface area contributed by atoms with E-state index in [1.165, 1.54) is 12.3 Å². The van der Waals surface area contributed by atoms with Crippen LogP contribution in [0.25, 0.3) is 0 Å². The summed E-state index contributed by atoms with van der Waals surface area (Å²) in [5.74, 6) is -2.48. The van der Waals surface area contributed by atoms with E-state index in [1.54, 1.807) is 37.3 Å². The molecule has 32 heavy (non-hydrogen) atoms. The van der Waals surface area contributed by atoms with Crippen molar-refractivity contribution in [2.24, 2.45) is 16.9 Å². The van der Waals surface area contributed by atoms with Crippen LogP contribution in [-0.4, -0.2) is 35.4 Å². The molecule has 2 aliphatic rings. The number of hydrogen-bond donors (Lipinski definition) is 3. The number of hydrazone groups is 1. The summed E-state index contributed by atoms with van der Waals surface area (Å²) in [5.41, 5.74) is 3.64. The number of nitrogens with zero attached hydrogens (tertiary/aromatic N) is 1. The number of nitrogens with one attached hydrogen (secondary N) is 2. The van der Waals surface area contributed by atoms with Gasteiger partial charge in [-0.2, -0.15) is 5.10 Å². The van der Waals surface area contributed by atoms with Gasteiger partial charge >= 0.3 is 11.9 Å². The van der Waals surface area contributed by atoms with Crippen LogP contribution in [0.1, 0.15) is 35.9 Å². The first-order valence-electron chi connectivity index (χ1n) is 9.95. The van der Waals surface area contributed by atoms with Gasteiger partial charge in [0.2, 0.25) is 12.7 Å². The third kappa shape index (κ3) is 4.34. The second-order valence-electron chi connectivity index (χ2n) is 7.35. The lowest BCUT2D eigenvalue weighted by atomic mass is 9.82. The van der Waals surface area contributed by atoms with Gasteiger partial charge in [0.05, 0.1) is 29.5 Å². The van der Waals surface area contributed by atoms with E-state index in [9.17, 15) is 19.5 Å². The number of amides is 2. The van der Waals surface area contributed by atoms with Crippen LogP contribution in [-0.2, 0) is 9.59 Å². The normalized spacial score (nSPS) is 19.5. The molecular formula is C22H21N3O7. The summed E-state index contributed by atoms with van der Waals surface area (Å²) in [6, 6.07) is 6.33. The molecule has 1 aliphatic heterocycles. The molecule has 2 aromatic rings. The van der Waals surface area contributed by atoms with E-state index in [2.05, 4.69) is 15.8 Å². The predicted molar refractivity (Wildman–Crippen MR) is 113 cm³/mol. The fourth-order valence-corrected chi connectivity index (χ4v) is 3.60. The van der Waals surface area contributed by atoms with Crippen molar-refractivity contribution >= 4 is 29.2 Å². The molecule has 10 nitrogen and oxygen atoms in total. The number of rotatable bonds is 6. The Labute approximate surface area is 182 Å². The van der Waals surface area contributed by atoms with Crippen LogP contribution >= 0.6 is 0 Å². The first-order valence-corrected chi connectivity index (χ1v) is 9.95. The molecule has 166 valence electrons. The summed E-state index contributed by atoms with van der Waals surface area (Å²) < 4.78 is 15.9. The summed E-state index contributed by atoms with van der Waals surface area (Å²) in [7, 11) is 0. The maximum absolute atomic E-state index is 13.0. The minimum atomic E-state index is -1.02. The number of allylic oxidation sites excluding steroid dienone is 2. The molecule has 0 bridgehead atoms. The number of carbonyl (C=O) groups excluding carboxylic acids is 2. The Hall–Kier alpha value is -4.08. The average Bonchev–Trinajstić information content (AvgIpc) is 3.48. The van der Waals surface area contributed by atoms with Crippen LogP contribution in [0.3, 0.4) is 0 Å². The molecule has 2 amide bonds. The summed E-state index contributed by atoms with van der Waals surface area (Å²) in [6.07, 6.45) is 5.58. The van der Waals surface area contributed by atoms with Crippen molar-refractivity contribution in [3.05, 3.63) is 54.0 Å². The van der Waals surface area contributed by atoms with Crippen LogP contribution in [0.5, 0.6) is 11.5 Å². The van der Waals surface area contributed by atoms with Gasteiger partial charge in [-0.15, -0.1) is 0 Å². The fourth-order valence-electron chi connectivity index (χ4n) is 3.60. The maximum Gasteiger partial charge on any atom is 0.307 e. The van der Waals surface area contributed by atoms with Gasteiger partial charge in [0.15, 0.2) is 17.3 Å². The van der Waals surface area contributed by atoms with Crippen molar-refractivity contribution < 1.29 is 33.4 Å². The molecule has 3 N–H and O–H groups in total. The zero-order chi connectivity index (χ0) is 22.7. The lowest BCUT2D eigenvalue weighted by molar-refractivity contribution is -0.146. The molecule has 1 aromatic carbocycles. The molecule has 2 heterocycles. The number of aliphatic carboxylic acids is 1. The molecule has 0 spiro atoms. The number of benzene rings is 1. The second-order valence-corrected chi connectivity index (χ2v) is 7.35. The van der Waals surface area contributed by atoms with E-state index in [4.69, 9.17) is 13.9 Å². The minimum absolute atomic E-state index is 0.0338. The smallest absolute Gasteiger partial charge is 0.307 e. The van der Waals surface area contributed by atoms with E-state index >= 15 is 0 Å². The van der Waals surface area contributed by atoms with Crippen LogP contribution < -0.4 is 20.2 Å². The molecule has 0 radical (unpaired) electrons. The van der Waals surface area contributed by atoms with E-state index in [-0.39, 0.29) is 12.6 Å². The molecule has 1 aliphatic carbocycles. The number of anilines is 1. The Morgan fingerprint density at radius 3 is 2.50 bits per heavy atom. The van der Waals surface area contributed by atoms with Gasteiger partial charge in [-0.25, -0.2) is 5.43 Å². The molecule has 1 aromatic heterocycles. The highest BCUT2D eigenvalue weighted by molar-refractivity contribution is 6.08. The van der Waals surface area contributed by atoms with Gasteiger partial charge in [0.25, 0.3) is 0 Å². The Morgan fingerprint density at radius 1 is 1.09 bits per heavy atom. The van der Waals surface area contributed by atoms with Crippen LogP contribution in [0.15, 0.2) is 52.2 Å². The number of carboxylic acid groups (broad SMARTS) is 1. The first kappa shape index (κ1) is 21.2. The monoisotopic (exact) mass is 439 g/mol. The highest BCUT2D eigenvalue weighted by Gasteiger charge is 2.34. The summed E-state index contributed by atoms with van der Waals surface area (Å²) in [5, 5.41) is 16.4. The van der Waals surface area contributed by atoms with E-state index < -0.39 is 29.6 Å². The van der Waals surface area contributed by atoms with Gasteiger partial charge in [-0.1, -0.05) is 12.2 Å². The zero-order valence-electron chi connectivity index (χ0n) is 17.2. The number of carbonyl (C=O) groups is 3. The van der Waals surface area contributed by atoms with Crippen molar-refractivity contribution in [2.45, 2.75) is 19.8 Å². The Morgan fingerprint density at radius 2 is 1.81 bits per heavy atom. The Bertz CT molecular complexity index is 1100. The Kier molecular flexibility index (Phi) is 5.93. The van der Waals surface area contributed by atoms with Crippen molar-refractivity contribution in [3.63, 3.8) is 0 Å². The number of carboxylic acids is 1. The van der Waals surface area contributed by atoms with Crippen LogP contribution in [0.2, 0.25) is 0 Å². The molecule has 4 rings (SSSR count). The van der Waals surface area contributed by atoms with Gasteiger partial charge in [-0.3, -0.25) is 14.4 Å². The molecule has 0 unspecified atom stereocenters. The summed E-state index contributed by atoms with van der Waals surface area (Å²) in [6.45, 7) is 1.69.